The predicted molar refractivity (Wildman–Crippen MR) is 107 cm³/mol. The fourth-order valence-electron chi connectivity index (χ4n) is 2.47. The molecule has 0 aliphatic carbocycles. The van der Waals surface area contributed by atoms with E-state index < -0.39 is 5.97 Å². The van der Waals surface area contributed by atoms with E-state index in [1.807, 2.05) is 36.2 Å². The van der Waals surface area contributed by atoms with Gasteiger partial charge in [-0.05, 0) is 30.7 Å². The summed E-state index contributed by atoms with van der Waals surface area (Å²) < 4.78 is 10.3. The Balaban J connectivity index is 2.03. The first-order valence-electron chi connectivity index (χ1n) is 8.48. The number of carbonyl (C=O) groups is 2. The molecule has 0 saturated carbocycles. The number of likely N-dealkylation sites (N-methyl/N-ethyl adjacent to an activating group) is 1. The van der Waals surface area contributed by atoms with E-state index in [-0.39, 0.29) is 24.4 Å². The third-order valence-corrected chi connectivity index (χ3v) is 5.02. The number of esters is 2. The Labute approximate surface area is 163 Å². The molecule has 1 aromatic carbocycles. The van der Waals surface area contributed by atoms with Crippen molar-refractivity contribution in [2.75, 3.05) is 36.6 Å². The van der Waals surface area contributed by atoms with Gasteiger partial charge in [0, 0.05) is 29.8 Å². The lowest BCUT2D eigenvalue weighted by molar-refractivity contribution is -0.142. The molecule has 1 unspecified atom stereocenters. The summed E-state index contributed by atoms with van der Waals surface area (Å²) in [4.78, 5) is 28.7. The van der Waals surface area contributed by atoms with E-state index in [0.29, 0.717) is 17.9 Å². The second-order valence-corrected chi connectivity index (χ2v) is 7.01. The van der Waals surface area contributed by atoms with Crippen molar-refractivity contribution in [2.24, 2.45) is 0 Å². The van der Waals surface area contributed by atoms with E-state index in [4.69, 9.17) is 16.0 Å². The van der Waals surface area contributed by atoms with Crippen molar-refractivity contribution in [1.29, 1.82) is 0 Å². The van der Waals surface area contributed by atoms with E-state index in [1.54, 1.807) is 18.7 Å². The first-order chi connectivity index (χ1) is 12.9. The van der Waals surface area contributed by atoms with Gasteiger partial charge in [0.25, 0.3) is 5.70 Å². The largest absolute Gasteiger partial charge is 0.471 e. The second kappa shape index (κ2) is 9.83. The van der Waals surface area contributed by atoms with Crippen LogP contribution in [0.1, 0.15) is 12.5 Å². The van der Waals surface area contributed by atoms with Crippen molar-refractivity contribution in [3.05, 3.63) is 59.1 Å². The number of ether oxygens (including phenoxy) is 2. The molecule has 0 bridgehead atoms. The van der Waals surface area contributed by atoms with Gasteiger partial charge in [-0.2, -0.15) is 11.8 Å². The molecule has 0 spiro atoms. The maximum Gasteiger partial charge on any atom is 0.336 e. The highest BCUT2D eigenvalue weighted by atomic mass is 32.2. The fraction of sp³-hybridized carbons (Fsp3) is 0.350. The number of carbonyl (C=O) groups excluding carboxylic acids is 2. The van der Waals surface area contributed by atoms with Gasteiger partial charge < -0.3 is 14.4 Å². The Morgan fingerprint density at radius 2 is 2.19 bits per heavy atom. The zero-order valence-electron chi connectivity index (χ0n) is 15.4. The van der Waals surface area contributed by atoms with E-state index in [0.717, 1.165) is 17.0 Å². The Morgan fingerprint density at radius 3 is 2.81 bits per heavy atom. The molecular weight excluding hydrogens is 364 g/mol. The van der Waals surface area contributed by atoms with Crippen LogP contribution in [0, 0.1) is 6.57 Å². The molecule has 2 rings (SSSR count). The lowest BCUT2D eigenvalue weighted by Gasteiger charge is -2.24. The maximum atomic E-state index is 11.8. The quantitative estimate of drug-likeness (QED) is 0.425. The Morgan fingerprint density at radius 1 is 1.48 bits per heavy atom. The summed E-state index contributed by atoms with van der Waals surface area (Å²) in [6.07, 6.45) is 1.30. The monoisotopic (exact) mass is 386 g/mol. The van der Waals surface area contributed by atoms with Crippen LogP contribution in [0.5, 0.6) is 0 Å². The number of hydrogen-bond donors (Lipinski definition) is 0. The summed E-state index contributed by atoms with van der Waals surface area (Å²) in [5.41, 5.74) is 2.12. The summed E-state index contributed by atoms with van der Waals surface area (Å²) in [6, 6.07) is 7.43. The molecule has 1 aliphatic heterocycles. The van der Waals surface area contributed by atoms with Crippen LogP contribution in [0.3, 0.4) is 0 Å². The van der Waals surface area contributed by atoms with Gasteiger partial charge in [-0.3, -0.25) is 4.79 Å². The van der Waals surface area contributed by atoms with Crippen molar-refractivity contribution in [3.8, 4) is 0 Å². The number of nitrogens with zero attached hydrogens (tertiary/aromatic N) is 2. The van der Waals surface area contributed by atoms with Gasteiger partial charge in [-0.1, -0.05) is 18.7 Å². The third kappa shape index (κ3) is 5.90. The van der Waals surface area contributed by atoms with Crippen LogP contribution in [0.25, 0.3) is 10.9 Å². The number of thioether (sulfide) groups is 1. The number of cyclic esters (lactones) is 1. The number of rotatable bonds is 6. The van der Waals surface area contributed by atoms with Crippen molar-refractivity contribution >= 4 is 35.5 Å². The molecule has 1 aromatic rings. The zero-order chi connectivity index (χ0) is 19.8. The zero-order valence-corrected chi connectivity index (χ0v) is 16.3. The van der Waals surface area contributed by atoms with Gasteiger partial charge in [0.15, 0.2) is 0 Å². The highest BCUT2D eigenvalue weighted by Gasteiger charge is 2.23. The standard InChI is InChI=1S/C20H22N2O4S/c1-5-25-20(24)18(21-3)10-15-6-8-16(9-7-15)22(4)11-17-13-27-12-14(2)19(23)26-17/h6-10,17H,2,5,11-13H2,1,4H3. The second-order valence-electron chi connectivity index (χ2n) is 5.98. The molecule has 0 radical (unpaired) electrons. The molecule has 1 atom stereocenters. The highest BCUT2D eigenvalue weighted by molar-refractivity contribution is 7.99. The van der Waals surface area contributed by atoms with Gasteiger partial charge in [-0.15, -0.1) is 0 Å². The van der Waals surface area contributed by atoms with Crippen molar-refractivity contribution in [1.82, 2.24) is 0 Å². The Hall–Kier alpha value is -2.72. The van der Waals surface area contributed by atoms with E-state index in [2.05, 4.69) is 11.4 Å². The summed E-state index contributed by atoms with van der Waals surface area (Å²) in [5.74, 6) is 0.376. The highest BCUT2D eigenvalue weighted by Crippen LogP contribution is 2.21. The van der Waals surface area contributed by atoms with Crippen LogP contribution in [-0.2, 0) is 19.1 Å². The van der Waals surface area contributed by atoms with Gasteiger partial charge in [-0.25, -0.2) is 9.64 Å². The summed E-state index contributed by atoms with van der Waals surface area (Å²) in [7, 11) is 1.92. The average Bonchev–Trinajstić information content (AvgIpc) is 2.81. The number of benzene rings is 1. The topological polar surface area (TPSA) is 60.2 Å². The van der Waals surface area contributed by atoms with Crippen LogP contribution in [0.15, 0.2) is 42.1 Å². The molecule has 7 heteroatoms. The van der Waals surface area contributed by atoms with Gasteiger partial charge in [0.05, 0.1) is 19.7 Å². The van der Waals surface area contributed by atoms with Crippen LogP contribution in [0.2, 0.25) is 0 Å². The summed E-state index contributed by atoms with van der Waals surface area (Å²) >= 11 is 1.64. The summed E-state index contributed by atoms with van der Waals surface area (Å²) in [6.45, 7) is 13.3. The first kappa shape index (κ1) is 20.6. The molecule has 27 heavy (non-hydrogen) atoms. The van der Waals surface area contributed by atoms with Crippen molar-refractivity contribution < 1.29 is 19.1 Å². The smallest absolute Gasteiger partial charge is 0.336 e. The molecular formula is C20H22N2O4S. The number of hydrogen-bond acceptors (Lipinski definition) is 6. The minimum absolute atomic E-state index is 0.0550. The minimum Gasteiger partial charge on any atom is -0.471 e. The van der Waals surface area contributed by atoms with Crippen LogP contribution >= 0.6 is 11.8 Å². The average molecular weight is 386 g/mol. The van der Waals surface area contributed by atoms with Crippen LogP contribution < -0.4 is 4.90 Å². The van der Waals surface area contributed by atoms with Crippen molar-refractivity contribution in [2.45, 2.75) is 13.0 Å². The predicted octanol–water partition coefficient (Wildman–Crippen LogP) is 3.16. The lowest BCUT2D eigenvalue weighted by atomic mass is 10.1. The molecule has 0 N–H and O–H groups in total. The molecule has 142 valence electrons. The lowest BCUT2D eigenvalue weighted by Crippen LogP contribution is -2.33. The Kier molecular flexibility index (Phi) is 7.50. The minimum atomic E-state index is -0.622. The molecule has 1 aliphatic rings. The van der Waals surface area contributed by atoms with Gasteiger partial charge in [0.1, 0.15) is 6.10 Å². The van der Waals surface area contributed by atoms with Gasteiger partial charge >= 0.3 is 11.9 Å². The molecule has 1 saturated heterocycles. The SMILES string of the molecule is [C-]#[N+]C(=Cc1ccc(N(C)CC2CSCC(=C)C(=O)O2)cc1)C(=O)OCC. The Bertz CT molecular complexity index is 780. The van der Waals surface area contributed by atoms with Crippen LogP contribution in [0.4, 0.5) is 5.69 Å². The first-order valence-corrected chi connectivity index (χ1v) is 9.64. The third-order valence-electron chi connectivity index (χ3n) is 3.86. The molecule has 1 fully saturated rings. The molecule has 6 nitrogen and oxygen atoms in total. The molecule has 0 aromatic heterocycles. The molecule has 0 amide bonds. The maximum absolute atomic E-state index is 11.8. The fourth-order valence-corrected chi connectivity index (χ4v) is 3.39. The molecule has 1 heterocycles. The van der Waals surface area contributed by atoms with E-state index in [9.17, 15) is 9.59 Å². The normalized spacial score (nSPS) is 17.5. The van der Waals surface area contributed by atoms with Crippen LogP contribution in [-0.4, -0.2) is 49.7 Å². The van der Waals surface area contributed by atoms with E-state index >= 15 is 0 Å². The number of anilines is 1. The van der Waals surface area contributed by atoms with Crippen molar-refractivity contribution in [3.63, 3.8) is 0 Å². The van der Waals surface area contributed by atoms with Gasteiger partial charge in [0.2, 0.25) is 0 Å². The summed E-state index contributed by atoms with van der Waals surface area (Å²) in [5, 5.41) is 0. The van der Waals surface area contributed by atoms with E-state index in [1.165, 1.54) is 6.08 Å².